The number of imidazole rings is 1. The van der Waals surface area contributed by atoms with E-state index in [2.05, 4.69) is 26.6 Å². The van der Waals surface area contributed by atoms with Crippen LogP contribution in [0.2, 0.25) is 0 Å². The number of nitrogens with zero attached hydrogens (tertiary/aromatic N) is 4. The van der Waals surface area contributed by atoms with E-state index in [9.17, 15) is 0 Å². The Hall–Kier alpha value is -3.15. The van der Waals surface area contributed by atoms with Crippen molar-refractivity contribution >= 4 is 11.0 Å². The van der Waals surface area contributed by atoms with E-state index in [4.69, 9.17) is 9.26 Å². The number of fused-ring (bicyclic) bond motifs is 1. The number of aryl methyl sites for hydroxylation is 1. The van der Waals surface area contributed by atoms with Crippen LogP contribution < -0.4 is 4.74 Å². The zero-order chi connectivity index (χ0) is 17.2. The first-order valence-corrected chi connectivity index (χ1v) is 8.31. The molecule has 25 heavy (non-hydrogen) atoms. The van der Waals surface area contributed by atoms with E-state index < -0.39 is 0 Å². The van der Waals surface area contributed by atoms with Crippen molar-refractivity contribution in [2.24, 2.45) is 0 Å². The third-order valence-corrected chi connectivity index (χ3v) is 4.06. The zero-order valence-electron chi connectivity index (χ0n) is 14.1. The van der Waals surface area contributed by atoms with Crippen molar-refractivity contribution in [2.75, 3.05) is 6.61 Å². The molecule has 0 radical (unpaired) electrons. The van der Waals surface area contributed by atoms with Crippen LogP contribution >= 0.6 is 0 Å². The molecule has 0 spiro atoms. The summed E-state index contributed by atoms with van der Waals surface area (Å²) in [6, 6.07) is 13.6. The van der Waals surface area contributed by atoms with Crippen LogP contribution in [0.1, 0.15) is 13.8 Å². The van der Waals surface area contributed by atoms with E-state index in [1.54, 1.807) is 0 Å². The van der Waals surface area contributed by atoms with Gasteiger partial charge in [0.2, 0.25) is 5.82 Å². The monoisotopic (exact) mass is 334 g/mol. The Kier molecular flexibility index (Phi) is 3.93. The number of ether oxygens (including phenoxy) is 1. The maximum atomic E-state index is 5.64. The minimum atomic E-state index is 0.443. The van der Waals surface area contributed by atoms with E-state index >= 15 is 0 Å². The lowest BCUT2D eigenvalue weighted by atomic mass is 10.2. The Morgan fingerprint density at radius 3 is 2.84 bits per heavy atom. The van der Waals surface area contributed by atoms with E-state index in [1.165, 1.54) is 0 Å². The Balaban J connectivity index is 1.72. The Bertz CT molecular complexity index is 1020. The second-order valence-electron chi connectivity index (χ2n) is 5.59. The maximum Gasteiger partial charge on any atom is 0.262 e. The Morgan fingerprint density at radius 1 is 1.12 bits per heavy atom. The third-order valence-electron chi connectivity index (χ3n) is 4.06. The van der Waals surface area contributed by atoms with Crippen molar-refractivity contribution in [3.8, 4) is 28.6 Å². The lowest BCUT2D eigenvalue weighted by Gasteiger charge is -2.05. The summed E-state index contributed by atoms with van der Waals surface area (Å²) in [6.45, 7) is 5.50. The molecular formula is C19H18N4O2. The lowest BCUT2D eigenvalue weighted by molar-refractivity contribution is 0.339. The van der Waals surface area contributed by atoms with Crippen molar-refractivity contribution in [1.82, 2.24) is 19.7 Å². The third kappa shape index (κ3) is 2.76. The zero-order valence-corrected chi connectivity index (χ0v) is 14.1. The second kappa shape index (κ2) is 6.39. The minimum absolute atomic E-state index is 0.443. The van der Waals surface area contributed by atoms with Crippen LogP contribution in [-0.2, 0) is 6.54 Å². The molecule has 0 atom stereocenters. The number of rotatable bonds is 5. The summed E-state index contributed by atoms with van der Waals surface area (Å²) in [5.74, 6) is 1.71. The summed E-state index contributed by atoms with van der Waals surface area (Å²) in [5, 5.41) is 4.12. The van der Waals surface area contributed by atoms with E-state index in [1.807, 2.05) is 55.7 Å². The average Bonchev–Trinajstić information content (AvgIpc) is 3.29. The molecule has 2 aromatic heterocycles. The van der Waals surface area contributed by atoms with Crippen LogP contribution in [0, 0.1) is 0 Å². The van der Waals surface area contributed by atoms with Crippen LogP contribution in [0.3, 0.4) is 0 Å². The summed E-state index contributed by atoms with van der Waals surface area (Å²) in [7, 11) is 0. The largest absolute Gasteiger partial charge is 0.493 e. The van der Waals surface area contributed by atoms with Crippen molar-refractivity contribution in [2.45, 2.75) is 20.4 Å². The lowest BCUT2D eigenvalue weighted by Crippen LogP contribution is -1.93. The summed E-state index contributed by atoms with van der Waals surface area (Å²) in [5.41, 5.74) is 3.68. The van der Waals surface area contributed by atoms with Gasteiger partial charge in [-0.3, -0.25) is 0 Å². The normalized spacial score (nSPS) is 11.1. The van der Waals surface area contributed by atoms with Gasteiger partial charge >= 0.3 is 0 Å². The highest BCUT2D eigenvalue weighted by Gasteiger charge is 2.15. The summed E-state index contributed by atoms with van der Waals surface area (Å²) in [6.07, 6.45) is 1.84. The smallest absolute Gasteiger partial charge is 0.262 e. The van der Waals surface area contributed by atoms with Crippen LogP contribution in [0.5, 0.6) is 5.75 Å². The van der Waals surface area contributed by atoms with Crippen molar-refractivity contribution < 1.29 is 9.26 Å². The molecule has 0 saturated carbocycles. The molecule has 0 aliphatic carbocycles. The van der Waals surface area contributed by atoms with Gasteiger partial charge in [0.25, 0.3) is 5.89 Å². The molecule has 0 bridgehead atoms. The van der Waals surface area contributed by atoms with Gasteiger partial charge < -0.3 is 13.8 Å². The van der Waals surface area contributed by atoms with Crippen LogP contribution in [0.15, 0.2) is 53.3 Å². The highest BCUT2D eigenvalue weighted by atomic mass is 16.5. The maximum absolute atomic E-state index is 5.64. The number of benzene rings is 2. The second-order valence-corrected chi connectivity index (χ2v) is 5.59. The summed E-state index contributed by atoms with van der Waals surface area (Å²) >= 11 is 0. The highest BCUT2D eigenvalue weighted by Crippen LogP contribution is 2.30. The molecular weight excluding hydrogens is 316 g/mol. The number of hydrogen-bond acceptors (Lipinski definition) is 5. The van der Waals surface area contributed by atoms with Gasteiger partial charge in [-0.1, -0.05) is 17.3 Å². The molecule has 0 fully saturated rings. The van der Waals surface area contributed by atoms with Crippen molar-refractivity contribution in [1.29, 1.82) is 0 Å². The molecule has 0 N–H and O–H groups in total. The topological polar surface area (TPSA) is 66.0 Å². The molecule has 126 valence electrons. The first kappa shape index (κ1) is 15.4. The van der Waals surface area contributed by atoms with Crippen LogP contribution in [0.4, 0.5) is 0 Å². The van der Waals surface area contributed by atoms with Gasteiger partial charge in [-0.15, -0.1) is 0 Å². The average molecular weight is 334 g/mol. The first-order valence-electron chi connectivity index (χ1n) is 8.31. The molecule has 4 rings (SSSR count). The number of para-hydroxylation sites is 1. The quantitative estimate of drug-likeness (QED) is 0.548. The van der Waals surface area contributed by atoms with Gasteiger partial charge in [-0.25, -0.2) is 4.98 Å². The highest BCUT2D eigenvalue weighted by molar-refractivity contribution is 5.81. The standard InChI is InChI=1S/C19H18N4O2/c1-3-23-12-20-15-11-13(9-10-16(15)23)18-21-19(25-22-18)14-7-5-6-8-17(14)24-4-2/h5-12H,3-4H2,1-2H3. The molecule has 0 amide bonds. The minimum Gasteiger partial charge on any atom is -0.493 e. The predicted octanol–water partition coefficient (Wildman–Crippen LogP) is 4.17. The van der Waals surface area contributed by atoms with E-state index in [0.29, 0.717) is 18.3 Å². The van der Waals surface area contributed by atoms with Crippen LogP contribution in [0.25, 0.3) is 33.9 Å². The van der Waals surface area contributed by atoms with Crippen LogP contribution in [-0.4, -0.2) is 26.3 Å². The van der Waals surface area contributed by atoms with Crippen molar-refractivity contribution in [3.63, 3.8) is 0 Å². The molecule has 6 nitrogen and oxygen atoms in total. The fourth-order valence-corrected chi connectivity index (χ4v) is 2.83. The first-order chi connectivity index (χ1) is 12.3. The fraction of sp³-hybridized carbons (Fsp3) is 0.211. The van der Waals surface area contributed by atoms with Gasteiger partial charge in [-0.2, -0.15) is 4.98 Å². The Morgan fingerprint density at radius 2 is 2.00 bits per heavy atom. The number of hydrogen-bond donors (Lipinski definition) is 0. The molecule has 2 heterocycles. The van der Waals surface area contributed by atoms with Crippen molar-refractivity contribution in [3.05, 3.63) is 48.8 Å². The molecule has 0 aliphatic rings. The summed E-state index contributed by atoms with van der Waals surface area (Å²) in [4.78, 5) is 8.97. The van der Waals surface area contributed by atoms with Gasteiger partial charge in [0.1, 0.15) is 5.75 Å². The SMILES string of the molecule is CCOc1ccccc1-c1nc(-c2ccc3c(c2)ncn3CC)no1. The molecule has 0 saturated heterocycles. The molecule has 0 aliphatic heterocycles. The Labute approximate surface area is 145 Å². The predicted molar refractivity (Wildman–Crippen MR) is 95.3 cm³/mol. The molecule has 4 aromatic rings. The van der Waals surface area contributed by atoms with Gasteiger partial charge in [0, 0.05) is 12.1 Å². The molecule has 6 heteroatoms. The van der Waals surface area contributed by atoms with Gasteiger partial charge in [0.05, 0.1) is 29.5 Å². The number of aromatic nitrogens is 4. The van der Waals surface area contributed by atoms with Gasteiger partial charge in [-0.05, 0) is 44.2 Å². The van der Waals surface area contributed by atoms with Gasteiger partial charge in [0.15, 0.2) is 0 Å². The van der Waals surface area contributed by atoms with E-state index in [-0.39, 0.29) is 0 Å². The molecule has 0 unspecified atom stereocenters. The molecule has 2 aromatic carbocycles. The summed E-state index contributed by atoms with van der Waals surface area (Å²) < 4.78 is 13.2. The fourth-order valence-electron chi connectivity index (χ4n) is 2.83. The van der Waals surface area contributed by atoms with E-state index in [0.717, 1.165) is 34.5 Å².